The lowest BCUT2D eigenvalue weighted by Crippen LogP contribution is -2.40. The summed E-state index contributed by atoms with van der Waals surface area (Å²) >= 11 is 0. The highest BCUT2D eigenvalue weighted by atomic mass is 19.4. The van der Waals surface area contributed by atoms with Crippen molar-refractivity contribution in [1.82, 2.24) is 0 Å². The van der Waals surface area contributed by atoms with Crippen LogP contribution in [0.3, 0.4) is 0 Å². The molecule has 0 bridgehead atoms. The number of alkyl halides is 3. The van der Waals surface area contributed by atoms with Crippen LogP contribution in [0, 0.1) is 0 Å². The van der Waals surface area contributed by atoms with Crippen LogP contribution < -0.4 is 10.1 Å². The molecule has 1 saturated carbocycles. The fraction of sp³-hybridized carbons (Fsp3) is 0.417. The molecular formula is C12H10F3NO2. The van der Waals surface area contributed by atoms with E-state index in [0.29, 0.717) is 24.1 Å². The van der Waals surface area contributed by atoms with Crippen molar-refractivity contribution < 1.29 is 22.7 Å². The molecule has 2 aliphatic rings. The second kappa shape index (κ2) is 3.40. The number of halogens is 3. The number of nitrogens with one attached hydrogen (secondary N) is 1. The summed E-state index contributed by atoms with van der Waals surface area (Å²) in [6.45, 7) is 0. The first-order valence-corrected chi connectivity index (χ1v) is 5.62. The van der Waals surface area contributed by atoms with Crippen LogP contribution >= 0.6 is 0 Å². The number of carbonyl (C=O) groups excluding carboxylic acids is 1. The van der Waals surface area contributed by atoms with Gasteiger partial charge in [-0.05, 0) is 36.6 Å². The van der Waals surface area contributed by atoms with Crippen molar-refractivity contribution in [3.63, 3.8) is 0 Å². The molecule has 1 fully saturated rings. The van der Waals surface area contributed by atoms with Crippen LogP contribution in [0.4, 0.5) is 18.9 Å². The summed E-state index contributed by atoms with van der Waals surface area (Å²) in [4.78, 5) is 11.9. The van der Waals surface area contributed by atoms with Gasteiger partial charge in [0.15, 0.2) is 0 Å². The molecule has 1 aliphatic carbocycles. The van der Waals surface area contributed by atoms with E-state index in [1.54, 1.807) is 0 Å². The minimum atomic E-state index is -4.71. The maximum Gasteiger partial charge on any atom is 0.573 e. The SMILES string of the molecule is O=C1Nc2ccc(OC(F)(F)F)cc2C12CCC2. The molecule has 96 valence electrons. The summed E-state index contributed by atoms with van der Waals surface area (Å²) in [7, 11) is 0. The lowest BCUT2D eigenvalue weighted by Gasteiger charge is -2.36. The Bertz CT molecular complexity index is 521. The standard InChI is InChI=1S/C12H10F3NO2/c13-12(14,15)18-7-2-3-9-8(6-7)11(4-1-5-11)10(17)16-9/h2-3,6H,1,4-5H2,(H,16,17). The highest BCUT2D eigenvalue weighted by molar-refractivity contribution is 6.07. The Morgan fingerprint density at radius 1 is 1.28 bits per heavy atom. The monoisotopic (exact) mass is 257 g/mol. The van der Waals surface area contributed by atoms with Crippen LogP contribution in [0.5, 0.6) is 5.75 Å². The van der Waals surface area contributed by atoms with Crippen molar-refractivity contribution in [2.45, 2.75) is 31.0 Å². The number of benzene rings is 1. The van der Waals surface area contributed by atoms with Gasteiger partial charge in [-0.2, -0.15) is 0 Å². The Balaban J connectivity index is 1.99. The summed E-state index contributed by atoms with van der Waals surface area (Å²) in [6.07, 6.45) is -2.43. The molecule has 1 aromatic rings. The van der Waals surface area contributed by atoms with Gasteiger partial charge in [-0.25, -0.2) is 0 Å². The first kappa shape index (κ1) is 11.4. The highest BCUT2D eigenvalue weighted by Crippen LogP contribution is 2.51. The minimum absolute atomic E-state index is 0.118. The van der Waals surface area contributed by atoms with Crippen LogP contribution in [0.1, 0.15) is 24.8 Å². The Morgan fingerprint density at radius 3 is 2.56 bits per heavy atom. The first-order chi connectivity index (χ1) is 8.41. The van der Waals surface area contributed by atoms with Gasteiger partial charge in [-0.1, -0.05) is 6.42 Å². The topological polar surface area (TPSA) is 38.3 Å². The van der Waals surface area contributed by atoms with Crippen molar-refractivity contribution in [3.8, 4) is 5.75 Å². The Kier molecular flexibility index (Phi) is 2.15. The molecule has 0 saturated heterocycles. The molecule has 3 rings (SSSR count). The van der Waals surface area contributed by atoms with Gasteiger partial charge in [-0.15, -0.1) is 13.2 Å². The third-order valence-corrected chi connectivity index (χ3v) is 3.63. The molecule has 3 nitrogen and oxygen atoms in total. The van der Waals surface area contributed by atoms with Gasteiger partial charge in [0.05, 0.1) is 5.41 Å². The molecule has 0 aromatic heterocycles. The number of hydrogen-bond donors (Lipinski definition) is 1. The molecule has 0 unspecified atom stereocenters. The molecule has 1 amide bonds. The zero-order valence-electron chi connectivity index (χ0n) is 9.30. The molecule has 18 heavy (non-hydrogen) atoms. The van der Waals surface area contributed by atoms with Crippen molar-refractivity contribution in [3.05, 3.63) is 23.8 Å². The second-order valence-electron chi connectivity index (χ2n) is 4.64. The molecule has 1 aromatic carbocycles. The average Bonchev–Trinajstić information content (AvgIpc) is 2.46. The predicted octanol–water partition coefficient (Wildman–Crippen LogP) is 2.96. The van der Waals surface area contributed by atoms with E-state index in [2.05, 4.69) is 10.1 Å². The van der Waals surface area contributed by atoms with Gasteiger partial charge in [0.25, 0.3) is 0 Å². The van der Waals surface area contributed by atoms with Crippen LogP contribution in [-0.4, -0.2) is 12.3 Å². The third-order valence-electron chi connectivity index (χ3n) is 3.63. The average molecular weight is 257 g/mol. The van der Waals surface area contributed by atoms with Gasteiger partial charge >= 0.3 is 6.36 Å². The number of fused-ring (bicyclic) bond motifs is 2. The number of amides is 1. The van der Waals surface area contributed by atoms with Gasteiger partial charge in [-0.3, -0.25) is 4.79 Å². The van der Waals surface area contributed by atoms with E-state index in [-0.39, 0.29) is 11.7 Å². The Labute approximate surface area is 101 Å². The van der Waals surface area contributed by atoms with E-state index in [1.165, 1.54) is 18.2 Å². The normalized spacial score (nSPS) is 20.3. The van der Waals surface area contributed by atoms with E-state index in [1.807, 2.05) is 0 Å². The summed E-state index contributed by atoms with van der Waals surface area (Å²) in [5.41, 5.74) is 0.593. The lowest BCUT2D eigenvalue weighted by molar-refractivity contribution is -0.274. The van der Waals surface area contributed by atoms with E-state index in [9.17, 15) is 18.0 Å². The number of hydrogen-bond acceptors (Lipinski definition) is 2. The van der Waals surface area contributed by atoms with Crippen LogP contribution in [-0.2, 0) is 10.2 Å². The van der Waals surface area contributed by atoms with Crippen LogP contribution in [0.25, 0.3) is 0 Å². The van der Waals surface area contributed by atoms with Gasteiger partial charge in [0.1, 0.15) is 5.75 Å². The summed E-state index contributed by atoms with van der Waals surface area (Å²) < 4.78 is 40.3. The molecule has 1 N–H and O–H groups in total. The maximum atomic E-state index is 12.2. The lowest BCUT2D eigenvalue weighted by atomic mass is 9.65. The fourth-order valence-corrected chi connectivity index (χ4v) is 2.62. The smallest absolute Gasteiger partial charge is 0.406 e. The van der Waals surface area contributed by atoms with E-state index in [0.717, 1.165) is 6.42 Å². The van der Waals surface area contributed by atoms with Crippen molar-refractivity contribution in [2.75, 3.05) is 5.32 Å². The number of ether oxygens (including phenoxy) is 1. The number of anilines is 1. The van der Waals surface area contributed by atoms with Crippen molar-refractivity contribution in [1.29, 1.82) is 0 Å². The Hall–Kier alpha value is -1.72. The molecule has 1 heterocycles. The quantitative estimate of drug-likeness (QED) is 0.840. The maximum absolute atomic E-state index is 12.2. The molecule has 0 radical (unpaired) electrons. The Morgan fingerprint density at radius 2 is 2.00 bits per heavy atom. The third kappa shape index (κ3) is 1.55. The van der Waals surface area contributed by atoms with Crippen LogP contribution in [0.2, 0.25) is 0 Å². The van der Waals surface area contributed by atoms with Gasteiger partial charge in [0, 0.05) is 5.69 Å². The van der Waals surface area contributed by atoms with E-state index in [4.69, 9.17) is 0 Å². The van der Waals surface area contributed by atoms with Gasteiger partial charge < -0.3 is 10.1 Å². The molecular weight excluding hydrogens is 247 g/mol. The summed E-state index contributed by atoms with van der Waals surface area (Å²) in [6, 6.07) is 3.99. The number of carbonyl (C=O) groups is 1. The second-order valence-corrected chi connectivity index (χ2v) is 4.64. The summed E-state index contributed by atoms with van der Waals surface area (Å²) in [5, 5.41) is 2.70. The highest BCUT2D eigenvalue weighted by Gasteiger charge is 2.51. The molecule has 1 spiro atoms. The van der Waals surface area contributed by atoms with Crippen LogP contribution in [0.15, 0.2) is 18.2 Å². The minimum Gasteiger partial charge on any atom is -0.406 e. The molecule has 6 heteroatoms. The van der Waals surface area contributed by atoms with E-state index >= 15 is 0 Å². The van der Waals surface area contributed by atoms with Crippen molar-refractivity contribution in [2.24, 2.45) is 0 Å². The fourth-order valence-electron chi connectivity index (χ4n) is 2.62. The zero-order chi connectivity index (χ0) is 13.0. The first-order valence-electron chi connectivity index (χ1n) is 5.62. The zero-order valence-corrected chi connectivity index (χ0v) is 9.30. The van der Waals surface area contributed by atoms with Gasteiger partial charge in [0.2, 0.25) is 5.91 Å². The summed E-state index contributed by atoms with van der Waals surface area (Å²) in [5.74, 6) is -0.392. The van der Waals surface area contributed by atoms with Crippen molar-refractivity contribution >= 4 is 11.6 Å². The number of rotatable bonds is 1. The predicted molar refractivity (Wildman–Crippen MR) is 57.3 cm³/mol. The largest absolute Gasteiger partial charge is 0.573 e. The molecule has 1 aliphatic heterocycles. The molecule has 0 atom stereocenters. The van der Waals surface area contributed by atoms with E-state index < -0.39 is 11.8 Å².